The van der Waals surface area contributed by atoms with Gasteiger partial charge >= 0.3 is 0 Å². The summed E-state index contributed by atoms with van der Waals surface area (Å²) in [5, 5.41) is 22.0. The largest absolute Gasteiger partial charge is 0.595 e. The number of thiazole rings is 1. The summed E-state index contributed by atoms with van der Waals surface area (Å²) in [5.41, 5.74) is 1.03. The summed E-state index contributed by atoms with van der Waals surface area (Å²) < 4.78 is 0.674. The summed E-state index contributed by atoms with van der Waals surface area (Å²) in [6, 6.07) is 7.75. The second-order valence-electron chi connectivity index (χ2n) is 4.30. The molecule has 2 heterocycles. The molecule has 0 aliphatic carbocycles. The van der Waals surface area contributed by atoms with Gasteiger partial charge in [-0.3, -0.25) is 10.1 Å². The Morgan fingerprint density at radius 1 is 1.41 bits per heavy atom. The Morgan fingerprint density at radius 3 is 2.95 bits per heavy atom. The number of quaternary nitrogens is 1. The average Bonchev–Trinajstić information content (AvgIpc) is 2.88. The number of pyridine rings is 1. The van der Waals surface area contributed by atoms with E-state index in [9.17, 15) is 10.0 Å². The number of hydrogen-bond donors (Lipinski definition) is 3. The number of fused-ring (bicyclic) bond motifs is 1. The summed E-state index contributed by atoms with van der Waals surface area (Å²) >= 11 is 7.05. The van der Waals surface area contributed by atoms with Crippen molar-refractivity contribution >= 4 is 49.9 Å². The van der Waals surface area contributed by atoms with Crippen LogP contribution >= 0.6 is 22.9 Å². The molecular weight excluding hydrogens is 328 g/mol. The molecule has 3 aromatic rings. The predicted octanol–water partition coefficient (Wildman–Crippen LogP) is 2.00. The van der Waals surface area contributed by atoms with E-state index >= 15 is 0 Å². The molecule has 1 amide bonds. The van der Waals surface area contributed by atoms with Gasteiger partial charge in [0.2, 0.25) is 0 Å². The van der Waals surface area contributed by atoms with Gasteiger partial charge in [-0.1, -0.05) is 22.9 Å². The molecule has 0 aliphatic rings. The molecule has 0 saturated carbocycles. The first-order chi connectivity index (χ1) is 10.5. The molecule has 2 aromatic heterocycles. The minimum absolute atomic E-state index is 0.106. The first-order valence-electron chi connectivity index (χ1n) is 6.10. The van der Waals surface area contributed by atoms with E-state index in [-0.39, 0.29) is 16.4 Å². The number of nitrogens with zero attached hydrogens (tertiary/aromatic N) is 2. The Morgan fingerprint density at radius 2 is 2.23 bits per heavy atom. The highest BCUT2D eigenvalue weighted by atomic mass is 35.5. The molecule has 0 saturated heterocycles. The molecule has 1 unspecified atom stereocenters. The number of carbonyl (C=O) groups is 1. The second-order valence-corrected chi connectivity index (χ2v) is 5.69. The number of carbonyl (C=O) groups excluding carboxylic acids is 1. The lowest BCUT2D eigenvalue weighted by Gasteiger charge is -2.10. The van der Waals surface area contributed by atoms with Gasteiger partial charge in [0.1, 0.15) is 5.15 Å². The van der Waals surface area contributed by atoms with Crippen LogP contribution in [0.1, 0.15) is 10.4 Å². The van der Waals surface area contributed by atoms with Gasteiger partial charge in [0.25, 0.3) is 5.91 Å². The fourth-order valence-corrected chi connectivity index (χ4v) is 2.94. The van der Waals surface area contributed by atoms with E-state index < -0.39 is 11.1 Å². The van der Waals surface area contributed by atoms with Crippen molar-refractivity contribution in [3.8, 4) is 0 Å². The van der Waals surface area contributed by atoms with Crippen LogP contribution in [0.5, 0.6) is 0 Å². The zero-order chi connectivity index (χ0) is 15.7. The summed E-state index contributed by atoms with van der Waals surface area (Å²) in [7, 11) is 0. The minimum Gasteiger partial charge on any atom is -0.595 e. The van der Waals surface area contributed by atoms with Crippen molar-refractivity contribution < 1.29 is 15.2 Å². The van der Waals surface area contributed by atoms with E-state index in [4.69, 9.17) is 16.8 Å². The lowest BCUT2D eigenvalue weighted by Crippen LogP contribution is -2.99. The van der Waals surface area contributed by atoms with Crippen molar-refractivity contribution in [1.29, 1.82) is 0 Å². The van der Waals surface area contributed by atoms with Crippen LogP contribution in [0, 0.1) is 5.21 Å². The standard InChI is InChI=1S/C13H9ClN4O3S/c14-11-8(2-1-5-15-11)12(19)17-13-16-9-4-3-7(18(20)21)6-10(9)22-13/h1-6,18,20H,(H,16,17,19). The zero-order valence-corrected chi connectivity index (χ0v) is 12.5. The van der Waals surface area contributed by atoms with E-state index in [0.29, 0.717) is 15.3 Å². The van der Waals surface area contributed by atoms with Gasteiger partial charge in [0.05, 0.1) is 15.8 Å². The Hall–Kier alpha value is -2.10. The van der Waals surface area contributed by atoms with Gasteiger partial charge in [-0.15, -0.1) is 0 Å². The highest BCUT2D eigenvalue weighted by Gasteiger charge is 2.14. The first kappa shape index (κ1) is 14.8. The third-order valence-electron chi connectivity index (χ3n) is 2.86. The van der Waals surface area contributed by atoms with Gasteiger partial charge in [-0.25, -0.2) is 15.2 Å². The number of aromatic nitrogens is 2. The second kappa shape index (κ2) is 5.95. The summed E-state index contributed by atoms with van der Waals surface area (Å²) in [4.78, 5) is 20.2. The van der Waals surface area contributed by atoms with Crippen molar-refractivity contribution in [2.75, 3.05) is 5.32 Å². The maximum atomic E-state index is 12.1. The van der Waals surface area contributed by atoms with Gasteiger partial charge in [-0.05, 0) is 18.2 Å². The van der Waals surface area contributed by atoms with Crippen LogP contribution in [0.15, 0.2) is 36.5 Å². The Kier molecular flexibility index (Phi) is 4.01. The lowest BCUT2D eigenvalue weighted by atomic mass is 10.3. The maximum Gasteiger partial charge on any atom is 0.260 e. The summed E-state index contributed by atoms with van der Waals surface area (Å²) in [6.45, 7) is 0. The summed E-state index contributed by atoms with van der Waals surface area (Å²) in [5.74, 6) is -0.421. The zero-order valence-electron chi connectivity index (χ0n) is 10.9. The molecule has 0 radical (unpaired) electrons. The highest BCUT2D eigenvalue weighted by Crippen LogP contribution is 2.28. The maximum absolute atomic E-state index is 12.1. The van der Waals surface area contributed by atoms with Crippen molar-refractivity contribution in [2.24, 2.45) is 0 Å². The SMILES string of the molecule is O=C(Nc1nc2ccc([NH+]([O-])O)cc2s1)c1cccnc1Cl. The Balaban J connectivity index is 1.88. The number of anilines is 1. The van der Waals surface area contributed by atoms with E-state index in [1.807, 2.05) is 0 Å². The summed E-state index contributed by atoms with van der Waals surface area (Å²) in [6.07, 6.45) is 1.49. The van der Waals surface area contributed by atoms with Gasteiger partial charge < -0.3 is 5.21 Å². The quantitative estimate of drug-likeness (QED) is 0.501. The molecule has 1 atom stereocenters. The minimum atomic E-state index is -1.01. The molecule has 7 nitrogen and oxygen atoms in total. The normalized spacial score (nSPS) is 12.3. The Bertz CT molecular complexity index is 852. The van der Waals surface area contributed by atoms with Crippen LogP contribution in [0.4, 0.5) is 10.8 Å². The Labute approximate surface area is 133 Å². The molecule has 22 heavy (non-hydrogen) atoms. The highest BCUT2D eigenvalue weighted by molar-refractivity contribution is 7.22. The lowest BCUT2D eigenvalue weighted by molar-refractivity contribution is -0.991. The van der Waals surface area contributed by atoms with Crippen LogP contribution in [-0.2, 0) is 0 Å². The number of rotatable bonds is 3. The molecule has 112 valence electrons. The van der Waals surface area contributed by atoms with Crippen molar-refractivity contribution in [1.82, 2.24) is 9.97 Å². The molecule has 3 N–H and O–H groups in total. The van der Waals surface area contributed by atoms with Crippen LogP contribution in [-0.4, -0.2) is 21.1 Å². The van der Waals surface area contributed by atoms with Crippen LogP contribution in [0.3, 0.4) is 0 Å². The molecule has 0 fully saturated rings. The van der Waals surface area contributed by atoms with Crippen LogP contribution < -0.4 is 10.5 Å². The van der Waals surface area contributed by atoms with E-state index in [0.717, 1.165) is 0 Å². The van der Waals surface area contributed by atoms with Crippen molar-refractivity contribution in [3.05, 3.63) is 52.5 Å². The average molecular weight is 337 g/mol. The fourth-order valence-electron chi connectivity index (χ4n) is 1.83. The van der Waals surface area contributed by atoms with Gasteiger partial charge in [0, 0.05) is 18.3 Å². The number of nitrogens with one attached hydrogen (secondary N) is 2. The third kappa shape index (κ3) is 2.91. The topological polar surface area (TPSA) is 103 Å². The van der Waals surface area contributed by atoms with Gasteiger partial charge in [0.15, 0.2) is 10.8 Å². The molecule has 0 bridgehead atoms. The number of amides is 1. The molecule has 3 rings (SSSR count). The van der Waals surface area contributed by atoms with Gasteiger partial charge in [-0.2, -0.15) is 5.23 Å². The number of halogens is 1. The van der Waals surface area contributed by atoms with Crippen LogP contribution in [0.25, 0.3) is 10.2 Å². The van der Waals surface area contributed by atoms with Crippen LogP contribution in [0.2, 0.25) is 5.15 Å². The van der Waals surface area contributed by atoms with E-state index in [1.165, 1.54) is 29.7 Å². The first-order valence-corrected chi connectivity index (χ1v) is 7.30. The molecule has 0 aliphatic heterocycles. The monoisotopic (exact) mass is 336 g/mol. The third-order valence-corrected chi connectivity index (χ3v) is 4.09. The number of hydrogen-bond acceptors (Lipinski definition) is 6. The molecule has 0 spiro atoms. The molecule has 9 heteroatoms. The van der Waals surface area contributed by atoms with E-state index in [2.05, 4.69) is 15.3 Å². The predicted molar refractivity (Wildman–Crippen MR) is 82.6 cm³/mol. The molecular formula is C13H9ClN4O3S. The van der Waals surface area contributed by atoms with E-state index in [1.54, 1.807) is 18.2 Å². The number of benzene rings is 1. The van der Waals surface area contributed by atoms with Crippen molar-refractivity contribution in [3.63, 3.8) is 0 Å². The van der Waals surface area contributed by atoms with Crippen molar-refractivity contribution in [2.45, 2.75) is 0 Å². The smallest absolute Gasteiger partial charge is 0.260 e. The fraction of sp³-hybridized carbons (Fsp3) is 0. The molecule has 1 aromatic carbocycles.